The van der Waals surface area contributed by atoms with Gasteiger partial charge in [0.2, 0.25) is 0 Å². The fourth-order valence-corrected chi connectivity index (χ4v) is 2.15. The molecule has 17 heavy (non-hydrogen) atoms. The van der Waals surface area contributed by atoms with Crippen LogP contribution in [0.1, 0.15) is 52.4 Å². The minimum Gasteiger partial charge on any atom is -0.389 e. The van der Waals surface area contributed by atoms with Crippen molar-refractivity contribution in [3.8, 4) is 0 Å². The molecule has 0 bridgehead atoms. The van der Waals surface area contributed by atoms with E-state index in [0.29, 0.717) is 6.42 Å². The lowest BCUT2D eigenvalue weighted by Crippen LogP contribution is -2.37. The Labute approximate surface area is 105 Å². The summed E-state index contributed by atoms with van der Waals surface area (Å²) >= 11 is 0. The van der Waals surface area contributed by atoms with Crippen molar-refractivity contribution >= 4 is 0 Å². The minimum absolute atomic E-state index is 0.262. The Morgan fingerprint density at radius 3 is 2.41 bits per heavy atom. The largest absolute Gasteiger partial charge is 0.389 e. The van der Waals surface area contributed by atoms with E-state index in [-0.39, 0.29) is 5.92 Å². The van der Waals surface area contributed by atoms with Crippen LogP contribution in [-0.4, -0.2) is 20.5 Å². The normalized spacial score (nSPS) is 15.2. The molecule has 0 aromatic carbocycles. The van der Waals surface area contributed by atoms with Crippen LogP contribution >= 0.6 is 0 Å². The highest BCUT2D eigenvalue weighted by atomic mass is 16.3. The molecule has 3 heteroatoms. The van der Waals surface area contributed by atoms with Crippen molar-refractivity contribution in [2.45, 2.75) is 66.0 Å². The van der Waals surface area contributed by atoms with Gasteiger partial charge < -0.3 is 5.11 Å². The van der Waals surface area contributed by atoms with Gasteiger partial charge in [-0.15, -0.1) is 0 Å². The molecule has 98 valence electrons. The second kappa shape index (κ2) is 5.67. The lowest BCUT2D eigenvalue weighted by molar-refractivity contribution is -0.00996. The van der Waals surface area contributed by atoms with E-state index in [1.807, 2.05) is 11.6 Å². The van der Waals surface area contributed by atoms with Gasteiger partial charge in [0, 0.05) is 18.7 Å². The highest BCUT2D eigenvalue weighted by Gasteiger charge is 2.30. The number of hydrogen-bond acceptors (Lipinski definition) is 2. The predicted molar refractivity (Wildman–Crippen MR) is 71.1 cm³/mol. The van der Waals surface area contributed by atoms with E-state index in [4.69, 9.17) is 0 Å². The first-order valence-electron chi connectivity index (χ1n) is 6.74. The van der Waals surface area contributed by atoms with Crippen LogP contribution in [0, 0.1) is 5.92 Å². The molecule has 0 radical (unpaired) electrons. The Bertz CT molecular complexity index is 357. The predicted octanol–water partition coefficient (Wildman–Crippen LogP) is 2.81. The van der Waals surface area contributed by atoms with Gasteiger partial charge in [-0.1, -0.05) is 27.7 Å². The smallest absolute Gasteiger partial charge is 0.0723 e. The third-order valence-electron chi connectivity index (χ3n) is 3.75. The fraction of sp³-hybridized carbons (Fsp3) is 0.786. The first-order chi connectivity index (χ1) is 7.96. The topological polar surface area (TPSA) is 38.0 Å². The standard InChI is InChI=1S/C14H26N2O/c1-6-12-9-13(16(8-3)15-12)10-14(17,7-2)11(4)5/h9,11,17H,6-8,10H2,1-5H3. The summed E-state index contributed by atoms with van der Waals surface area (Å²) in [7, 11) is 0. The molecular formula is C14H26N2O. The summed E-state index contributed by atoms with van der Waals surface area (Å²) in [4.78, 5) is 0. The molecule has 3 nitrogen and oxygen atoms in total. The molecular weight excluding hydrogens is 212 g/mol. The Hall–Kier alpha value is -0.830. The van der Waals surface area contributed by atoms with E-state index in [1.165, 1.54) is 0 Å². The second-order valence-corrected chi connectivity index (χ2v) is 5.08. The van der Waals surface area contributed by atoms with Crippen LogP contribution < -0.4 is 0 Å². The van der Waals surface area contributed by atoms with Gasteiger partial charge in [-0.2, -0.15) is 5.10 Å². The zero-order chi connectivity index (χ0) is 13.1. The summed E-state index contributed by atoms with van der Waals surface area (Å²) in [5.41, 5.74) is 1.66. The summed E-state index contributed by atoms with van der Waals surface area (Å²) in [6.07, 6.45) is 2.43. The van der Waals surface area contributed by atoms with Crippen LogP contribution in [0.3, 0.4) is 0 Å². The Kier molecular flexibility index (Phi) is 4.75. The van der Waals surface area contributed by atoms with Gasteiger partial charge in [-0.25, -0.2) is 0 Å². The number of aliphatic hydroxyl groups is 1. The maximum Gasteiger partial charge on any atom is 0.0723 e. The summed E-state index contributed by atoms with van der Waals surface area (Å²) in [6, 6.07) is 2.13. The van der Waals surface area contributed by atoms with Gasteiger partial charge in [0.15, 0.2) is 0 Å². The number of rotatable bonds is 6. The van der Waals surface area contributed by atoms with Crippen molar-refractivity contribution in [2.75, 3.05) is 0 Å². The monoisotopic (exact) mass is 238 g/mol. The van der Waals surface area contributed by atoms with Crippen LogP contribution in [-0.2, 0) is 19.4 Å². The second-order valence-electron chi connectivity index (χ2n) is 5.08. The zero-order valence-corrected chi connectivity index (χ0v) is 11.8. The zero-order valence-electron chi connectivity index (χ0n) is 11.8. The Morgan fingerprint density at radius 2 is 2.00 bits per heavy atom. The van der Waals surface area contributed by atoms with Gasteiger partial charge >= 0.3 is 0 Å². The summed E-state index contributed by atoms with van der Waals surface area (Å²) in [5.74, 6) is 0.262. The van der Waals surface area contributed by atoms with E-state index in [1.54, 1.807) is 0 Å². The minimum atomic E-state index is -0.613. The first kappa shape index (κ1) is 14.2. The molecule has 1 aromatic rings. The van der Waals surface area contributed by atoms with Gasteiger partial charge in [0.1, 0.15) is 0 Å². The number of nitrogens with zero attached hydrogens (tertiary/aromatic N) is 2. The number of hydrogen-bond donors (Lipinski definition) is 1. The molecule has 1 atom stereocenters. The molecule has 0 aliphatic carbocycles. The Morgan fingerprint density at radius 1 is 1.35 bits per heavy atom. The molecule has 1 heterocycles. The molecule has 0 amide bonds. The van der Waals surface area contributed by atoms with E-state index < -0.39 is 5.60 Å². The quantitative estimate of drug-likeness (QED) is 0.827. The van der Waals surface area contributed by atoms with Gasteiger partial charge in [-0.3, -0.25) is 4.68 Å². The van der Waals surface area contributed by atoms with Crippen molar-refractivity contribution in [1.82, 2.24) is 9.78 Å². The van der Waals surface area contributed by atoms with Gasteiger partial charge in [0.25, 0.3) is 0 Å². The van der Waals surface area contributed by atoms with Crippen LogP contribution in [0.15, 0.2) is 6.07 Å². The van der Waals surface area contributed by atoms with Crippen molar-refractivity contribution in [2.24, 2.45) is 5.92 Å². The molecule has 1 rings (SSSR count). The summed E-state index contributed by atoms with van der Waals surface area (Å²) in [5, 5.41) is 15.1. The molecule has 1 N–H and O–H groups in total. The summed E-state index contributed by atoms with van der Waals surface area (Å²) in [6.45, 7) is 11.3. The number of aromatic nitrogens is 2. The molecule has 0 aliphatic heterocycles. The first-order valence-corrected chi connectivity index (χ1v) is 6.74. The molecule has 1 unspecified atom stereocenters. The third kappa shape index (κ3) is 3.09. The van der Waals surface area contributed by atoms with Gasteiger partial charge in [-0.05, 0) is 31.7 Å². The number of aryl methyl sites for hydroxylation is 2. The van der Waals surface area contributed by atoms with Crippen LogP contribution in [0.4, 0.5) is 0 Å². The molecule has 0 spiro atoms. The third-order valence-corrected chi connectivity index (χ3v) is 3.75. The van der Waals surface area contributed by atoms with Crippen molar-refractivity contribution < 1.29 is 5.11 Å². The van der Waals surface area contributed by atoms with Crippen molar-refractivity contribution in [1.29, 1.82) is 0 Å². The molecule has 0 fully saturated rings. The molecule has 0 saturated carbocycles. The van der Waals surface area contributed by atoms with Crippen molar-refractivity contribution in [3.05, 3.63) is 17.5 Å². The average molecular weight is 238 g/mol. The van der Waals surface area contributed by atoms with Crippen LogP contribution in [0.25, 0.3) is 0 Å². The SMILES string of the molecule is CCc1cc(CC(O)(CC)C(C)C)n(CC)n1. The van der Waals surface area contributed by atoms with Crippen molar-refractivity contribution in [3.63, 3.8) is 0 Å². The lowest BCUT2D eigenvalue weighted by Gasteiger charge is -2.31. The highest BCUT2D eigenvalue weighted by molar-refractivity contribution is 5.13. The van der Waals surface area contributed by atoms with E-state index in [9.17, 15) is 5.11 Å². The van der Waals surface area contributed by atoms with Gasteiger partial charge in [0.05, 0.1) is 11.3 Å². The van der Waals surface area contributed by atoms with E-state index >= 15 is 0 Å². The van der Waals surface area contributed by atoms with Crippen LogP contribution in [0.5, 0.6) is 0 Å². The van der Waals surface area contributed by atoms with E-state index in [0.717, 1.165) is 30.8 Å². The van der Waals surface area contributed by atoms with Crippen LogP contribution in [0.2, 0.25) is 0 Å². The maximum atomic E-state index is 10.6. The average Bonchev–Trinajstić information content (AvgIpc) is 2.70. The highest BCUT2D eigenvalue weighted by Crippen LogP contribution is 2.26. The molecule has 0 saturated heterocycles. The molecule has 1 aromatic heterocycles. The molecule has 0 aliphatic rings. The lowest BCUT2D eigenvalue weighted by atomic mass is 9.83. The van der Waals surface area contributed by atoms with E-state index in [2.05, 4.69) is 38.9 Å². The maximum absolute atomic E-state index is 10.6. The Balaban J connectivity index is 2.96. The summed E-state index contributed by atoms with van der Waals surface area (Å²) < 4.78 is 2.02. The fourth-order valence-electron chi connectivity index (χ4n) is 2.15.